The van der Waals surface area contributed by atoms with Crippen LogP contribution < -0.4 is 5.32 Å². The second-order valence-corrected chi connectivity index (χ2v) is 9.72. The van der Waals surface area contributed by atoms with Crippen LogP contribution in [0, 0.1) is 6.92 Å². The molecule has 1 N–H and O–H groups in total. The molecule has 0 saturated carbocycles. The third-order valence-electron chi connectivity index (χ3n) is 4.55. The van der Waals surface area contributed by atoms with Crippen molar-refractivity contribution in [3.63, 3.8) is 0 Å². The van der Waals surface area contributed by atoms with Gasteiger partial charge in [0.15, 0.2) is 0 Å². The molecule has 0 saturated heterocycles. The highest BCUT2D eigenvalue weighted by Gasteiger charge is 2.17. The van der Waals surface area contributed by atoms with Crippen molar-refractivity contribution >= 4 is 67.0 Å². The Morgan fingerprint density at radius 2 is 1.93 bits per heavy atom. The Hall–Kier alpha value is -2.81. The molecule has 0 radical (unpaired) electrons. The van der Waals surface area contributed by atoms with Gasteiger partial charge in [-0.25, -0.2) is 4.98 Å². The van der Waals surface area contributed by atoms with Crippen LogP contribution in [0.3, 0.4) is 0 Å². The Labute approximate surface area is 185 Å². The summed E-state index contributed by atoms with van der Waals surface area (Å²) in [5.41, 5.74) is 2.49. The zero-order valence-electron chi connectivity index (χ0n) is 16.0. The molecule has 0 aliphatic heterocycles. The molecular formula is C22H16N4OS3. The van der Waals surface area contributed by atoms with E-state index in [4.69, 9.17) is 0 Å². The number of hydrogen-bond acceptors (Lipinski definition) is 7. The second-order valence-electron chi connectivity index (χ2n) is 6.61. The van der Waals surface area contributed by atoms with Crippen molar-refractivity contribution in [2.45, 2.75) is 11.9 Å². The first-order valence-electron chi connectivity index (χ1n) is 9.27. The second kappa shape index (κ2) is 8.14. The molecule has 3 heterocycles. The first kappa shape index (κ1) is 19.2. The summed E-state index contributed by atoms with van der Waals surface area (Å²) in [5, 5.41) is 17.6. The molecule has 0 aliphatic carbocycles. The molecule has 0 aliphatic rings. The van der Waals surface area contributed by atoms with Gasteiger partial charge in [-0.1, -0.05) is 54.2 Å². The molecule has 0 spiro atoms. The van der Waals surface area contributed by atoms with Gasteiger partial charge in [-0.15, -0.1) is 32.9 Å². The fraction of sp³-hybridized carbons (Fsp3) is 0.0909. The normalized spacial score (nSPS) is 11.2. The number of thiazole rings is 1. The number of carbonyl (C=O) groups is 1. The fourth-order valence-corrected chi connectivity index (χ4v) is 5.73. The minimum Gasteiger partial charge on any atom is -0.325 e. The molecule has 1 amide bonds. The van der Waals surface area contributed by atoms with E-state index in [1.54, 1.807) is 22.7 Å². The predicted molar refractivity (Wildman–Crippen MR) is 127 cm³/mol. The zero-order valence-corrected chi connectivity index (χ0v) is 18.4. The minimum absolute atomic E-state index is 0.0828. The molecule has 3 aromatic heterocycles. The van der Waals surface area contributed by atoms with E-state index in [0.717, 1.165) is 42.3 Å². The lowest BCUT2D eigenvalue weighted by Crippen LogP contribution is -2.14. The monoisotopic (exact) mass is 448 g/mol. The molecule has 2 aromatic carbocycles. The SMILES string of the molecule is Cc1nc2c(SCC(=O)Nc3cccc4ccccc34)nnc(-c3cccs3)c2s1. The lowest BCUT2D eigenvalue weighted by atomic mass is 10.1. The summed E-state index contributed by atoms with van der Waals surface area (Å²) in [6, 6.07) is 17.9. The Balaban J connectivity index is 1.37. The van der Waals surface area contributed by atoms with E-state index in [1.807, 2.05) is 66.9 Å². The Kier molecular flexibility index (Phi) is 5.20. The first-order chi connectivity index (χ1) is 14.7. The predicted octanol–water partition coefficient (Wildman–Crippen LogP) is 6.01. The molecule has 5 aromatic rings. The number of carbonyl (C=O) groups excluding carboxylic acids is 1. The number of aromatic nitrogens is 3. The van der Waals surface area contributed by atoms with Crippen molar-refractivity contribution in [1.29, 1.82) is 0 Å². The number of fused-ring (bicyclic) bond motifs is 2. The topological polar surface area (TPSA) is 67.8 Å². The summed E-state index contributed by atoms with van der Waals surface area (Å²) in [6.45, 7) is 1.98. The maximum Gasteiger partial charge on any atom is 0.234 e. The first-order valence-corrected chi connectivity index (χ1v) is 12.0. The van der Waals surface area contributed by atoms with Crippen LogP contribution in [0.4, 0.5) is 5.69 Å². The fourth-order valence-electron chi connectivity index (χ4n) is 3.25. The minimum atomic E-state index is -0.0828. The van der Waals surface area contributed by atoms with Crippen molar-refractivity contribution in [2.75, 3.05) is 11.1 Å². The van der Waals surface area contributed by atoms with Crippen LogP contribution in [0.2, 0.25) is 0 Å². The van der Waals surface area contributed by atoms with E-state index in [0.29, 0.717) is 5.03 Å². The Morgan fingerprint density at radius 1 is 1.07 bits per heavy atom. The highest BCUT2D eigenvalue weighted by atomic mass is 32.2. The van der Waals surface area contributed by atoms with Gasteiger partial charge < -0.3 is 5.32 Å². The molecule has 0 atom stereocenters. The average Bonchev–Trinajstić information content (AvgIpc) is 3.42. The smallest absolute Gasteiger partial charge is 0.234 e. The number of aryl methyl sites for hydroxylation is 1. The van der Waals surface area contributed by atoms with Crippen LogP contribution >= 0.6 is 34.4 Å². The molecule has 30 heavy (non-hydrogen) atoms. The van der Waals surface area contributed by atoms with E-state index in [2.05, 4.69) is 20.5 Å². The zero-order chi connectivity index (χ0) is 20.5. The molecule has 5 rings (SSSR count). The van der Waals surface area contributed by atoms with Crippen LogP contribution in [-0.2, 0) is 4.79 Å². The average molecular weight is 449 g/mol. The molecule has 0 unspecified atom stereocenters. The number of rotatable bonds is 5. The van der Waals surface area contributed by atoms with Gasteiger partial charge in [-0.2, -0.15) is 0 Å². The summed E-state index contributed by atoms with van der Waals surface area (Å²) in [6.07, 6.45) is 0. The van der Waals surface area contributed by atoms with Crippen molar-refractivity contribution in [1.82, 2.24) is 15.2 Å². The van der Waals surface area contributed by atoms with E-state index in [1.165, 1.54) is 11.8 Å². The largest absolute Gasteiger partial charge is 0.325 e. The number of nitrogens with zero attached hydrogens (tertiary/aromatic N) is 3. The van der Waals surface area contributed by atoms with Gasteiger partial charge in [0.25, 0.3) is 0 Å². The van der Waals surface area contributed by atoms with Gasteiger partial charge in [0.1, 0.15) is 16.2 Å². The summed E-state index contributed by atoms with van der Waals surface area (Å²) >= 11 is 4.60. The van der Waals surface area contributed by atoms with E-state index in [-0.39, 0.29) is 11.7 Å². The van der Waals surface area contributed by atoms with Gasteiger partial charge in [-0.3, -0.25) is 4.79 Å². The highest BCUT2D eigenvalue weighted by Crippen LogP contribution is 2.36. The molecule has 8 heteroatoms. The van der Waals surface area contributed by atoms with Gasteiger partial charge in [-0.05, 0) is 29.8 Å². The molecule has 0 fully saturated rings. The van der Waals surface area contributed by atoms with Crippen LogP contribution in [0.25, 0.3) is 31.6 Å². The number of hydrogen-bond donors (Lipinski definition) is 1. The number of anilines is 1. The van der Waals surface area contributed by atoms with Crippen molar-refractivity contribution in [3.05, 3.63) is 65.0 Å². The van der Waals surface area contributed by atoms with Crippen LogP contribution in [-0.4, -0.2) is 26.8 Å². The van der Waals surface area contributed by atoms with Crippen molar-refractivity contribution < 1.29 is 4.79 Å². The third-order valence-corrected chi connectivity index (χ3v) is 7.36. The van der Waals surface area contributed by atoms with Gasteiger partial charge >= 0.3 is 0 Å². The maximum atomic E-state index is 12.6. The van der Waals surface area contributed by atoms with Gasteiger partial charge in [0.05, 0.1) is 20.3 Å². The van der Waals surface area contributed by atoms with E-state index < -0.39 is 0 Å². The standard InChI is InChI=1S/C22H16N4OS3/c1-13-23-20-21(30-13)19(17-10-5-11-28-17)25-26-22(20)29-12-18(27)24-16-9-4-7-14-6-2-3-8-15(14)16/h2-11H,12H2,1H3,(H,24,27). The molecule has 148 valence electrons. The number of thioether (sulfide) groups is 1. The summed E-state index contributed by atoms with van der Waals surface area (Å²) in [7, 11) is 0. The lowest BCUT2D eigenvalue weighted by molar-refractivity contribution is -0.113. The Bertz CT molecular complexity index is 1360. The summed E-state index contributed by atoms with van der Waals surface area (Å²) < 4.78 is 1.02. The highest BCUT2D eigenvalue weighted by molar-refractivity contribution is 8.00. The summed E-state index contributed by atoms with van der Waals surface area (Å²) in [5.74, 6) is 0.155. The van der Waals surface area contributed by atoms with Crippen molar-refractivity contribution in [3.8, 4) is 10.6 Å². The maximum absolute atomic E-state index is 12.6. The van der Waals surface area contributed by atoms with Crippen LogP contribution in [0.5, 0.6) is 0 Å². The molecular weight excluding hydrogens is 432 g/mol. The summed E-state index contributed by atoms with van der Waals surface area (Å²) in [4.78, 5) is 18.4. The quantitative estimate of drug-likeness (QED) is 0.334. The van der Waals surface area contributed by atoms with Crippen LogP contribution in [0.15, 0.2) is 65.0 Å². The van der Waals surface area contributed by atoms with Gasteiger partial charge in [0.2, 0.25) is 5.91 Å². The molecule has 0 bridgehead atoms. The Morgan fingerprint density at radius 3 is 2.80 bits per heavy atom. The van der Waals surface area contributed by atoms with E-state index >= 15 is 0 Å². The number of benzene rings is 2. The van der Waals surface area contributed by atoms with Crippen LogP contribution in [0.1, 0.15) is 5.01 Å². The molecule has 5 nitrogen and oxygen atoms in total. The van der Waals surface area contributed by atoms with Gasteiger partial charge in [0, 0.05) is 11.1 Å². The number of thiophene rings is 1. The number of amides is 1. The van der Waals surface area contributed by atoms with Crippen molar-refractivity contribution in [2.24, 2.45) is 0 Å². The lowest BCUT2D eigenvalue weighted by Gasteiger charge is -2.08. The third kappa shape index (κ3) is 3.69. The number of nitrogens with one attached hydrogen (secondary N) is 1. The van der Waals surface area contributed by atoms with E-state index in [9.17, 15) is 4.79 Å².